The van der Waals surface area contributed by atoms with Crippen molar-refractivity contribution in [3.63, 3.8) is 0 Å². The zero-order chi connectivity index (χ0) is 16.1. The molecule has 0 unspecified atom stereocenters. The van der Waals surface area contributed by atoms with Gasteiger partial charge in [-0.25, -0.2) is 0 Å². The Labute approximate surface area is 175 Å². The molecular formula is C17H30BaO4. The summed E-state index contributed by atoms with van der Waals surface area (Å²) in [5, 5.41) is 22.7. The summed E-state index contributed by atoms with van der Waals surface area (Å²) >= 11 is 0. The van der Waals surface area contributed by atoms with Gasteiger partial charge >= 0.3 is 48.9 Å². The van der Waals surface area contributed by atoms with Crippen molar-refractivity contribution >= 4 is 60.8 Å². The first-order chi connectivity index (χ1) is 10.0. The van der Waals surface area contributed by atoms with E-state index in [9.17, 15) is 19.8 Å². The van der Waals surface area contributed by atoms with Gasteiger partial charge in [-0.2, -0.15) is 0 Å². The largest absolute Gasteiger partial charge is 2.00 e. The van der Waals surface area contributed by atoms with E-state index < -0.39 is 17.4 Å². The van der Waals surface area contributed by atoms with Crippen LogP contribution < -0.4 is 10.2 Å². The molecule has 0 saturated heterocycles. The predicted octanol–water partition coefficient (Wildman–Crippen LogP) is 1.81. The van der Waals surface area contributed by atoms with E-state index in [1.807, 2.05) is 0 Å². The molecule has 124 valence electrons. The molecule has 0 aliphatic carbocycles. The summed E-state index contributed by atoms with van der Waals surface area (Å²) in [6.07, 6.45) is 9.65. The molecule has 0 radical (unpaired) electrons. The van der Waals surface area contributed by atoms with Gasteiger partial charge in [0.05, 0.1) is 11.9 Å². The van der Waals surface area contributed by atoms with Gasteiger partial charge in [0.2, 0.25) is 0 Å². The van der Waals surface area contributed by atoms with Crippen LogP contribution in [0.25, 0.3) is 0 Å². The van der Waals surface area contributed by atoms with Crippen LogP contribution in [0, 0.1) is 5.41 Å². The van der Waals surface area contributed by atoms with Crippen molar-refractivity contribution in [2.45, 2.75) is 90.9 Å². The number of carbonyl (C=O) groups excluding carboxylic acids is 2. The van der Waals surface area contributed by atoms with Crippen molar-refractivity contribution < 1.29 is 19.8 Å². The molecule has 0 heterocycles. The molecule has 22 heavy (non-hydrogen) atoms. The van der Waals surface area contributed by atoms with Crippen LogP contribution in [0.5, 0.6) is 0 Å². The molecule has 0 aromatic carbocycles. The Morgan fingerprint density at radius 3 is 1.27 bits per heavy atom. The van der Waals surface area contributed by atoms with Gasteiger partial charge in [0, 0.05) is 5.41 Å². The Balaban J connectivity index is 0. The zero-order valence-corrected chi connectivity index (χ0v) is 18.8. The molecule has 0 bridgehead atoms. The number of carboxylic acids is 2. The molecule has 0 amide bonds. The standard InChI is InChI=1S/C17H32O4.Ba/c1-3-5-7-9-11-13-17(15(18)19,16(20)21)14-12-10-8-6-4-2;/h3-14H2,1-2H3,(H,18,19)(H,20,21);/q;+2/p-2. The van der Waals surface area contributed by atoms with E-state index in [4.69, 9.17) is 0 Å². The van der Waals surface area contributed by atoms with Gasteiger partial charge in [-0.3, -0.25) is 0 Å². The molecular weight excluding hydrogens is 406 g/mol. The molecule has 0 aliphatic rings. The summed E-state index contributed by atoms with van der Waals surface area (Å²) in [7, 11) is 0. The van der Waals surface area contributed by atoms with Gasteiger partial charge in [-0.1, -0.05) is 78.1 Å². The zero-order valence-electron chi connectivity index (χ0n) is 14.3. The third-order valence-corrected chi connectivity index (χ3v) is 4.20. The van der Waals surface area contributed by atoms with Gasteiger partial charge < -0.3 is 19.8 Å². The van der Waals surface area contributed by atoms with Crippen molar-refractivity contribution in [2.75, 3.05) is 0 Å². The van der Waals surface area contributed by atoms with Crippen LogP contribution in [0.15, 0.2) is 0 Å². The summed E-state index contributed by atoms with van der Waals surface area (Å²) < 4.78 is 0. The van der Waals surface area contributed by atoms with Crippen LogP contribution in [0.2, 0.25) is 0 Å². The molecule has 0 aromatic heterocycles. The molecule has 0 saturated carbocycles. The van der Waals surface area contributed by atoms with Crippen molar-refractivity contribution in [1.29, 1.82) is 0 Å². The second-order valence-corrected chi connectivity index (χ2v) is 5.99. The summed E-state index contributed by atoms with van der Waals surface area (Å²) in [5.41, 5.74) is -1.79. The third kappa shape index (κ3) is 9.61. The maximum Gasteiger partial charge on any atom is 2.00 e. The Kier molecular flexibility index (Phi) is 17.0. The van der Waals surface area contributed by atoms with E-state index in [1.54, 1.807) is 0 Å². The molecule has 0 aromatic rings. The number of aliphatic carboxylic acids is 2. The van der Waals surface area contributed by atoms with Crippen molar-refractivity contribution in [3.05, 3.63) is 0 Å². The molecule has 0 N–H and O–H groups in total. The van der Waals surface area contributed by atoms with E-state index in [1.165, 1.54) is 0 Å². The molecule has 0 atom stereocenters. The van der Waals surface area contributed by atoms with Crippen molar-refractivity contribution in [3.8, 4) is 0 Å². The maximum absolute atomic E-state index is 11.4. The molecule has 4 nitrogen and oxygen atoms in total. The third-order valence-electron chi connectivity index (χ3n) is 4.20. The Morgan fingerprint density at radius 1 is 0.682 bits per heavy atom. The maximum atomic E-state index is 11.4. The van der Waals surface area contributed by atoms with E-state index in [0.29, 0.717) is 12.8 Å². The van der Waals surface area contributed by atoms with Crippen LogP contribution in [0.4, 0.5) is 0 Å². The second kappa shape index (κ2) is 15.1. The number of hydrogen-bond donors (Lipinski definition) is 0. The number of carbonyl (C=O) groups is 2. The average molecular weight is 436 g/mol. The van der Waals surface area contributed by atoms with Gasteiger partial charge in [-0.05, 0) is 12.8 Å². The fourth-order valence-electron chi connectivity index (χ4n) is 2.68. The van der Waals surface area contributed by atoms with Crippen molar-refractivity contribution in [1.82, 2.24) is 0 Å². The fourth-order valence-corrected chi connectivity index (χ4v) is 2.68. The van der Waals surface area contributed by atoms with E-state index in [-0.39, 0.29) is 61.7 Å². The minimum Gasteiger partial charge on any atom is -0.549 e. The predicted molar refractivity (Wildman–Crippen MR) is 85.0 cm³/mol. The smallest absolute Gasteiger partial charge is 0.549 e. The number of hydrogen-bond acceptors (Lipinski definition) is 4. The normalized spacial score (nSPS) is 11.0. The van der Waals surface area contributed by atoms with E-state index >= 15 is 0 Å². The van der Waals surface area contributed by atoms with Crippen LogP contribution in [-0.2, 0) is 9.59 Å². The minimum absolute atomic E-state index is 0. The van der Waals surface area contributed by atoms with Crippen LogP contribution in [0.3, 0.4) is 0 Å². The van der Waals surface area contributed by atoms with Gasteiger partial charge in [0.25, 0.3) is 0 Å². The minimum atomic E-state index is -1.79. The van der Waals surface area contributed by atoms with Crippen LogP contribution >= 0.6 is 0 Å². The Bertz CT molecular complexity index is 275. The average Bonchev–Trinajstić information content (AvgIpc) is 2.44. The topological polar surface area (TPSA) is 80.3 Å². The molecule has 0 spiro atoms. The Morgan fingerprint density at radius 2 is 1.00 bits per heavy atom. The SMILES string of the molecule is CCCCCCCC(CCCCCCC)(C(=O)[O-])C(=O)[O-].[Ba+2]. The second-order valence-electron chi connectivity index (χ2n) is 5.99. The summed E-state index contributed by atoms with van der Waals surface area (Å²) in [6, 6.07) is 0. The van der Waals surface area contributed by atoms with E-state index in [0.717, 1.165) is 51.4 Å². The molecule has 5 heteroatoms. The van der Waals surface area contributed by atoms with Gasteiger partial charge in [0.15, 0.2) is 0 Å². The summed E-state index contributed by atoms with van der Waals surface area (Å²) in [6.45, 7) is 4.20. The quantitative estimate of drug-likeness (QED) is 0.237. The Hall–Kier alpha value is 0.511. The first kappa shape index (κ1) is 24.8. The summed E-state index contributed by atoms with van der Waals surface area (Å²) in [4.78, 5) is 22.7. The monoisotopic (exact) mass is 436 g/mol. The summed E-state index contributed by atoms with van der Waals surface area (Å²) in [5.74, 6) is -2.96. The number of rotatable bonds is 14. The first-order valence-electron chi connectivity index (χ1n) is 8.44. The fraction of sp³-hybridized carbons (Fsp3) is 0.882. The number of carboxylic acid groups (broad SMARTS) is 2. The number of unbranched alkanes of at least 4 members (excludes halogenated alkanes) is 8. The molecule has 0 fully saturated rings. The van der Waals surface area contributed by atoms with Crippen LogP contribution in [-0.4, -0.2) is 60.8 Å². The van der Waals surface area contributed by atoms with E-state index in [2.05, 4.69) is 13.8 Å². The molecule has 0 rings (SSSR count). The van der Waals surface area contributed by atoms with Gasteiger partial charge in [-0.15, -0.1) is 0 Å². The first-order valence-corrected chi connectivity index (χ1v) is 8.44. The van der Waals surface area contributed by atoms with Gasteiger partial charge in [0.1, 0.15) is 0 Å². The van der Waals surface area contributed by atoms with Crippen LogP contribution in [0.1, 0.15) is 90.9 Å². The van der Waals surface area contributed by atoms with Crippen molar-refractivity contribution in [2.24, 2.45) is 5.41 Å². The molecule has 0 aliphatic heterocycles.